The van der Waals surface area contributed by atoms with Gasteiger partial charge in [-0.15, -0.1) is 0 Å². The fourth-order valence-electron chi connectivity index (χ4n) is 2.53. The summed E-state index contributed by atoms with van der Waals surface area (Å²) in [4.78, 5) is 0.0522. The lowest BCUT2D eigenvalue weighted by atomic mass is 9.98. The van der Waals surface area contributed by atoms with Gasteiger partial charge in [-0.2, -0.15) is 0 Å². The lowest BCUT2D eigenvalue weighted by Crippen LogP contribution is -1.97. The van der Waals surface area contributed by atoms with Crippen LogP contribution in [0, 0.1) is 5.82 Å². The van der Waals surface area contributed by atoms with Gasteiger partial charge >= 0.3 is 0 Å². The van der Waals surface area contributed by atoms with Crippen molar-refractivity contribution < 1.29 is 4.39 Å². The Hall–Kier alpha value is -1.38. The van der Waals surface area contributed by atoms with Crippen molar-refractivity contribution in [1.82, 2.24) is 0 Å². The first-order valence-electron chi connectivity index (χ1n) is 6.71. The summed E-state index contributed by atoms with van der Waals surface area (Å²) in [5.74, 6) is -0.311. The summed E-state index contributed by atoms with van der Waals surface area (Å²) in [6.45, 7) is 0. The van der Waals surface area contributed by atoms with E-state index < -0.39 is 0 Å². The van der Waals surface area contributed by atoms with Gasteiger partial charge in [0.1, 0.15) is 5.82 Å². The van der Waals surface area contributed by atoms with Gasteiger partial charge in [-0.3, -0.25) is 0 Å². The van der Waals surface area contributed by atoms with Crippen LogP contribution in [0.15, 0.2) is 60.7 Å². The molecule has 3 heteroatoms. The molecule has 0 bridgehead atoms. The first-order valence-corrected chi connectivity index (χ1v) is 8.00. The summed E-state index contributed by atoms with van der Waals surface area (Å²) in [6.07, 6.45) is 0.798. The van der Waals surface area contributed by atoms with Crippen LogP contribution in [0.4, 0.5) is 4.39 Å². The number of rotatable bonds is 3. The fraction of sp³-hybridized carbons (Fsp3) is 0.111. The molecule has 0 aliphatic rings. The Morgan fingerprint density at radius 1 is 1.00 bits per heavy atom. The number of hydrogen-bond donors (Lipinski definition) is 0. The minimum absolute atomic E-state index is 0.0522. The Kier molecular flexibility index (Phi) is 4.27. The van der Waals surface area contributed by atoms with Crippen molar-refractivity contribution in [1.29, 1.82) is 0 Å². The van der Waals surface area contributed by atoms with Crippen molar-refractivity contribution in [2.24, 2.45) is 0 Å². The van der Waals surface area contributed by atoms with E-state index in [4.69, 9.17) is 11.6 Å². The summed E-state index contributed by atoms with van der Waals surface area (Å²) in [6, 6.07) is 19.1. The van der Waals surface area contributed by atoms with Crippen LogP contribution >= 0.6 is 27.5 Å². The fourth-order valence-corrected chi connectivity index (χ4v) is 3.71. The molecular weight excluding hydrogens is 351 g/mol. The Morgan fingerprint density at radius 2 is 1.76 bits per heavy atom. The summed E-state index contributed by atoms with van der Waals surface area (Å²) in [5, 5.41) is 2.92. The third-order valence-electron chi connectivity index (χ3n) is 3.58. The predicted octanol–water partition coefficient (Wildman–Crippen LogP) is 6.31. The molecule has 0 aliphatic carbocycles. The summed E-state index contributed by atoms with van der Waals surface area (Å²) < 4.78 is 13.1. The summed E-state index contributed by atoms with van der Waals surface area (Å²) >= 11 is 9.82. The van der Waals surface area contributed by atoms with Crippen LogP contribution in [0.1, 0.15) is 16.0 Å². The van der Waals surface area contributed by atoms with Crippen LogP contribution in [0.5, 0.6) is 0 Å². The molecule has 3 aromatic carbocycles. The molecule has 0 fully saturated rings. The molecule has 0 amide bonds. The zero-order chi connectivity index (χ0) is 14.8. The molecule has 3 aromatic rings. The monoisotopic (exact) mass is 362 g/mol. The molecule has 21 heavy (non-hydrogen) atoms. The van der Waals surface area contributed by atoms with E-state index in [0.717, 1.165) is 12.0 Å². The molecule has 0 aromatic heterocycles. The minimum atomic E-state index is -0.311. The highest BCUT2D eigenvalue weighted by atomic mass is 79.9. The second-order valence-corrected chi connectivity index (χ2v) is 6.49. The van der Waals surface area contributed by atoms with E-state index in [1.54, 1.807) is 6.07 Å². The maximum absolute atomic E-state index is 13.1. The van der Waals surface area contributed by atoms with Crippen molar-refractivity contribution in [2.45, 2.75) is 11.2 Å². The van der Waals surface area contributed by atoms with E-state index in [2.05, 4.69) is 46.3 Å². The highest BCUT2D eigenvalue weighted by Crippen LogP contribution is 2.34. The topological polar surface area (TPSA) is 0 Å². The predicted molar refractivity (Wildman–Crippen MR) is 90.7 cm³/mol. The molecule has 0 saturated carbocycles. The molecule has 0 aliphatic heterocycles. The van der Waals surface area contributed by atoms with Crippen LogP contribution in [0.25, 0.3) is 10.8 Å². The zero-order valence-corrected chi connectivity index (χ0v) is 13.5. The SMILES string of the molecule is Fc1ccc(C(Br)Cc2cccc3ccccc23)c(Cl)c1. The van der Waals surface area contributed by atoms with Crippen molar-refractivity contribution in [2.75, 3.05) is 0 Å². The van der Waals surface area contributed by atoms with Gasteiger partial charge < -0.3 is 0 Å². The Morgan fingerprint density at radius 3 is 2.57 bits per heavy atom. The molecule has 106 valence electrons. The first-order chi connectivity index (χ1) is 10.1. The molecule has 0 heterocycles. The Balaban J connectivity index is 1.94. The minimum Gasteiger partial charge on any atom is -0.207 e. The second-order valence-electron chi connectivity index (χ2n) is 4.98. The van der Waals surface area contributed by atoms with E-state index in [9.17, 15) is 4.39 Å². The average molecular weight is 364 g/mol. The van der Waals surface area contributed by atoms with Gasteiger partial charge in [0, 0.05) is 9.85 Å². The van der Waals surface area contributed by atoms with Crippen LogP contribution in [-0.4, -0.2) is 0 Å². The van der Waals surface area contributed by atoms with Gasteiger partial charge in [0.25, 0.3) is 0 Å². The quantitative estimate of drug-likeness (QED) is 0.478. The largest absolute Gasteiger partial charge is 0.207 e. The van der Waals surface area contributed by atoms with Gasteiger partial charge in [0.2, 0.25) is 0 Å². The van der Waals surface area contributed by atoms with E-state index >= 15 is 0 Å². The second kappa shape index (κ2) is 6.17. The highest BCUT2D eigenvalue weighted by molar-refractivity contribution is 9.09. The zero-order valence-electron chi connectivity index (χ0n) is 11.2. The van der Waals surface area contributed by atoms with Crippen LogP contribution in [0.2, 0.25) is 5.02 Å². The highest BCUT2D eigenvalue weighted by Gasteiger charge is 2.14. The lowest BCUT2D eigenvalue weighted by Gasteiger charge is -2.14. The summed E-state index contributed by atoms with van der Waals surface area (Å²) in [5.41, 5.74) is 2.15. The first kappa shape index (κ1) is 14.6. The molecule has 0 spiro atoms. The average Bonchev–Trinajstić information content (AvgIpc) is 2.47. The smallest absolute Gasteiger partial charge is 0.124 e. The van der Waals surface area contributed by atoms with Gasteiger partial charge in [-0.25, -0.2) is 4.39 Å². The van der Waals surface area contributed by atoms with Crippen molar-refractivity contribution in [3.63, 3.8) is 0 Å². The number of halogens is 3. The molecular formula is C18H13BrClF. The number of hydrogen-bond acceptors (Lipinski definition) is 0. The normalized spacial score (nSPS) is 12.5. The molecule has 0 radical (unpaired) electrons. The molecule has 3 rings (SSSR count). The lowest BCUT2D eigenvalue weighted by molar-refractivity contribution is 0.627. The van der Waals surface area contributed by atoms with Gasteiger partial charge in [-0.05, 0) is 40.5 Å². The van der Waals surface area contributed by atoms with E-state index in [-0.39, 0.29) is 10.6 Å². The maximum atomic E-state index is 13.1. The molecule has 1 unspecified atom stereocenters. The summed E-state index contributed by atoms with van der Waals surface area (Å²) in [7, 11) is 0. The number of alkyl halides is 1. The molecule has 0 N–H and O–H groups in total. The van der Waals surface area contributed by atoms with E-state index in [1.165, 1.54) is 28.5 Å². The van der Waals surface area contributed by atoms with E-state index in [0.29, 0.717) is 5.02 Å². The van der Waals surface area contributed by atoms with Gasteiger partial charge in [0.05, 0.1) is 0 Å². The Bertz CT molecular complexity index is 780. The van der Waals surface area contributed by atoms with Gasteiger partial charge in [-0.1, -0.05) is 76.1 Å². The van der Waals surface area contributed by atoms with Crippen LogP contribution in [-0.2, 0) is 6.42 Å². The van der Waals surface area contributed by atoms with Crippen molar-refractivity contribution in [3.8, 4) is 0 Å². The number of fused-ring (bicyclic) bond motifs is 1. The number of benzene rings is 3. The third kappa shape index (κ3) is 3.12. The standard InChI is InChI=1S/C18H13BrClF/c19-17(16-9-8-14(21)11-18(16)20)10-13-6-3-5-12-4-1-2-7-15(12)13/h1-9,11,17H,10H2. The Labute approximate surface area is 136 Å². The van der Waals surface area contributed by atoms with Gasteiger partial charge in [0.15, 0.2) is 0 Å². The molecule has 0 nitrogen and oxygen atoms in total. The van der Waals surface area contributed by atoms with Crippen LogP contribution < -0.4 is 0 Å². The van der Waals surface area contributed by atoms with E-state index in [1.807, 2.05) is 12.1 Å². The third-order valence-corrected chi connectivity index (χ3v) is 4.72. The van der Waals surface area contributed by atoms with Crippen molar-refractivity contribution >= 4 is 38.3 Å². The van der Waals surface area contributed by atoms with Crippen molar-refractivity contribution in [3.05, 3.63) is 82.6 Å². The maximum Gasteiger partial charge on any atom is 0.124 e. The molecule has 1 atom stereocenters. The molecule has 0 saturated heterocycles. The van der Waals surface area contributed by atoms with Crippen LogP contribution in [0.3, 0.4) is 0 Å².